The molecular formula is C15H23BrN2O2. The fourth-order valence-corrected chi connectivity index (χ4v) is 3.22. The van der Waals surface area contributed by atoms with Crippen LogP contribution in [0.4, 0.5) is 0 Å². The van der Waals surface area contributed by atoms with Gasteiger partial charge in [0.25, 0.3) is 0 Å². The zero-order valence-corrected chi connectivity index (χ0v) is 13.9. The Labute approximate surface area is 129 Å². The summed E-state index contributed by atoms with van der Waals surface area (Å²) in [5.74, 6) is 1.58. The molecule has 2 atom stereocenters. The Morgan fingerprint density at radius 1 is 1.40 bits per heavy atom. The summed E-state index contributed by atoms with van der Waals surface area (Å²) >= 11 is 3.55. The predicted molar refractivity (Wildman–Crippen MR) is 84.2 cm³/mol. The molecule has 0 radical (unpaired) electrons. The number of nitrogens with two attached hydrogens (primary N) is 1. The van der Waals surface area contributed by atoms with Crippen molar-refractivity contribution in [2.75, 3.05) is 20.4 Å². The van der Waals surface area contributed by atoms with Gasteiger partial charge in [-0.3, -0.25) is 4.90 Å². The van der Waals surface area contributed by atoms with Crippen LogP contribution in [0, 0.1) is 0 Å². The molecule has 112 valence electrons. The minimum absolute atomic E-state index is 0.183. The van der Waals surface area contributed by atoms with Gasteiger partial charge >= 0.3 is 0 Å². The third kappa shape index (κ3) is 3.10. The van der Waals surface area contributed by atoms with Gasteiger partial charge in [0.15, 0.2) is 11.5 Å². The Bertz CT molecular complexity index is 467. The van der Waals surface area contributed by atoms with E-state index in [2.05, 4.69) is 47.8 Å². The predicted octanol–water partition coefficient (Wildman–Crippen LogP) is 3.30. The van der Waals surface area contributed by atoms with Crippen LogP contribution < -0.4 is 15.2 Å². The molecule has 1 aliphatic rings. The number of hydrogen-bond donors (Lipinski definition) is 1. The van der Waals surface area contributed by atoms with Gasteiger partial charge in [-0.05, 0) is 54.0 Å². The topological polar surface area (TPSA) is 47.7 Å². The Hall–Kier alpha value is -0.780. The van der Waals surface area contributed by atoms with Crippen molar-refractivity contribution in [1.29, 1.82) is 0 Å². The van der Waals surface area contributed by atoms with Gasteiger partial charge in [0.2, 0.25) is 6.79 Å². The number of ether oxygens (including phenoxy) is 2. The van der Waals surface area contributed by atoms with Gasteiger partial charge in [0, 0.05) is 18.6 Å². The second-order valence-electron chi connectivity index (χ2n) is 5.29. The Morgan fingerprint density at radius 3 is 2.80 bits per heavy atom. The van der Waals surface area contributed by atoms with E-state index in [1.54, 1.807) is 0 Å². The highest BCUT2D eigenvalue weighted by Gasteiger charge is 2.24. The lowest BCUT2D eigenvalue weighted by atomic mass is 10.0. The molecule has 4 nitrogen and oxygen atoms in total. The summed E-state index contributed by atoms with van der Waals surface area (Å²) in [6, 6.07) is 4.81. The van der Waals surface area contributed by atoms with E-state index in [0.29, 0.717) is 12.6 Å². The van der Waals surface area contributed by atoms with Crippen LogP contribution in [0.15, 0.2) is 16.6 Å². The maximum atomic E-state index is 6.01. The molecule has 0 aromatic heterocycles. The van der Waals surface area contributed by atoms with E-state index in [1.807, 2.05) is 6.07 Å². The van der Waals surface area contributed by atoms with Crippen molar-refractivity contribution in [3.63, 3.8) is 0 Å². The van der Waals surface area contributed by atoms with Gasteiger partial charge < -0.3 is 15.2 Å². The first-order chi connectivity index (χ1) is 9.58. The fourth-order valence-electron chi connectivity index (χ4n) is 2.65. The Kier molecular flexibility index (Phi) is 5.29. The second-order valence-corrected chi connectivity index (χ2v) is 6.15. The lowest BCUT2D eigenvalue weighted by Gasteiger charge is -2.33. The monoisotopic (exact) mass is 342 g/mol. The summed E-state index contributed by atoms with van der Waals surface area (Å²) in [6.45, 7) is 5.32. The molecule has 1 aromatic carbocycles. The van der Waals surface area contributed by atoms with Crippen LogP contribution in [0.3, 0.4) is 0 Å². The summed E-state index contributed by atoms with van der Waals surface area (Å²) in [4.78, 5) is 2.34. The Balaban J connectivity index is 2.26. The van der Waals surface area contributed by atoms with Gasteiger partial charge in [0.05, 0.1) is 4.47 Å². The third-order valence-electron chi connectivity index (χ3n) is 3.95. The minimum atomic E-state index is 0.183. The van der Waals surface area contributed by atoms with Crippen molar-refractivity contribution in [1.82, 2.24) is 4.90 Å². The summed E-state index contributed by atoms with van der Waals surface area (Å²) in [5, 5.41) is 0. The van der Waals surface area contributed by atoms with E-state index in [4.69, 9.17) is 15.2 Å². The first-order valence-corrected chi connectivity index (χ1v) is 7.88. The number of benzene rings is 1. The molecule has 1 aromatic rings. The van der Waals surface area contributed by atoms with Crippen LogP contribution in [0.2, 0.25) is 0 Å². The quantitative estimate of drug-likeness (QED) is 0.861. The molecule has 5 heteroatoms. The van der Waals surface area contributed by atoms with E-state index in [0.717, 1.165) is 21.5 Å². The smallest absolute Gasteiger partial charge is 0.231 e. The number of rotatable bonds is 6. The summed E-state index contributed by atoms with van der Waals surface area (Å²) < 4.78 is 11.8. The molecule has 2 unspecified atom stereocenters. The van der Waals surface area contributed by atoms with Gasteiger partial charge in [-0.15, -0.1) is 0 Å². The normalized spacial score (nSPS) is 16.5. The zero-order chi connectivity index (χ0) is 14.7. The second kappa shape index (κ2) is 6.78. The lowest BCUT2D eigenvalue weighted by Crippen LogP contribution is -2.37. The van der Waals surface area contributed by atoms with Crippen LogP contribution in [0.25, 0.3) is 0 Å². The molecule has 0 aliphatic carbocycles. The highest BCUT2D eigenvalue weighted by Crippen LogP contribution is 2.41. The number of halogens is 1. The van der Waals surface area contributed by atoms with Crippen molar-refractivity contribution in [2.24, 2.45) is 5.73 Å². The van der Waals surface area contributed by atoms with Crippen molar-refractivity contribution in [3.05, 3.63) is 22.2 Å². The van der Waals surface area contributed by atoms with Crippen LogP contribution in [0.1, 0.15) is 38.3 Å². The van der Waals surface area contributed by atoms with Crippen molar-refractivity contribution in [3.8, 4) is 11.5 Å². The molecule has 0 spiro atoms. The van der Waals surface area contributed by atoms with Crippen LogP contribution >= 0.6 is 15.9 Å². The Morgan fingerprint density at radius 2 is 2.15 bits per heavy atom. The van der Waals surface area contributed by atoms with Gasteiger partial charge in [0.1, 0.15) is 0 Å². The van der Waals surface area contributed by atoms with Crippen LogP contribution in [-0.4, -0.2) is 31.3 Å². The maximum absolute atomic E-state index is 6.01. The molecule has 1 aliphatic heterocycles. The highest BCUT2D eigenvalue weighted by molar-refractivity contribution is 9.10. The SMILES string of the molecule is CCCC(C)N(C)C(CN)c1cc(Br)c2c(c1)OCO2. The lowest BCUT2D eigenvalue weighted by molar-refractivity contribution is 0.172. The van der Waals surface area contributed by atoms with E-state index < -0.39 is 0 Å². The largest absolute Gasteiger partial charge is 0.454 e. The minimum Gasteiger partial charge on any atom is -0.454 e. The number of nitrogens with zero attached hydrogens (tertiary/aromatic N) is 1. The summed E-state index contributed by atoms with van der Waals surface area (Å²) in [7, 11) is 2.14. The first-order valence-electron chi connectivity index (χ1n) is 7.09. The molecule has 2 rings (SSSR count). The van der Waals surface area contributed by atoms with E-state index >= 15 is 0 Å². The molecule has 2 N–H and O–H groups in total. The maximum Gasteiger partial charge on any atom is 0.231 e. The standard InChI is InChI=1S/C15H23BrN2O2/c1-4-5-10(2)18(3)13(8-17)11-6-12(16)15-14(7-11)19-9-20-15/h6-7,10,13H,4-5,8-9,17H2,1-3H3. The first kappa shape index (κ1) is 15.6. The average molecular weight is 343 g/mol. The molecule has 1 heterocycles. The third-order valence-corrected chi connectivity index (χ3v) is 4.54. The van der Waals surface area contributed by atoms with E-state index in [1.165, 1.54) is 12.8 Å². The molecule has 0 bridgehead atoms. The van der Waals surface area contributed by atoms with E-state index in [9.17, 15) is 0 Å². The summed E-state index contributed by atoms with van der Waals surface area (Å²) in [5.41, 5.74) is 7.17. The molecular weight excluding hydrogens is 320 g/mol. The van der Waals surface area contributed by atoms with Gasteiger partial charge in [-0.25, -0.2) is 0 Å². The number of hydrogen-bond acceptors (Lipinski definition) is 4. The van der Waals surface area contributed by atoms with Crippen molar-refractivity contribution < 1.29 is 9.47 Å². The highest BCUT2D eigenvalue weighted by atomic mass is 79.9. The molecule has 0 saturated heterocycles. The van der Waals surface area contributed by atoms with Crippen molar-refractivity contribution in [2.45, 2.75) is 38.8 Å². The summed E-state index contributed by atoms with van der Waals surface area (Å²) in [6.07, 6.45) is 2.34. The van der Waals surface area contributed by atoms with Crippen LogP contribution in [0.5, 0.6) is 11.5 Å². The molecule has 0 fully saturated rings. The number of likely N-dealkylation sites (N-methyl/N-ethyl adjacent to an activating group) is 1. The van der Waals surface area contributed by atoms with Gasteiger partial charge in [-0.1, -0.05) is 13.3 Å². The van der Waals surface area contributed by atoms with Gasteiger partial charge in [-0.2, -0.15) is 0 Å². The van der Waals surface area contributed by atoms with Crippen molar-refractivity contribution >= 4 is 15.9 Å². The van der Waals surface area contributed by atoms with E-state index in [-0.39, 0.29) is 12.8 Å². The molecule has 0 saturated carbocycles. The fraction of sp³-hybridized carbons (Fsp3) is 0.600. The average Bonchev–Trinajstić information content (AvgIpc) is 2.88. The van der Waals surface area contributed by atoms with Crippen LogP contribution in [-0.2, 0) is 0 Å². The zero-order valence-electron chi connectivity index (χ0n) is 12.4. The number of fused-ring (bicyclic) bond motifs is 1. The molecule has 0 amide bonds. The molecule has 20 heavy (non-hydrogen) atoms.